The fraction of sp³-hybridized carbons (Fsp3) is 0.714. The van der Waals surface area contributed by atoms with Crippen molar-refractivity contribution < 1.29 is 9.84 Å². The summed E-state index contributed by atoms with van der Waals surface area (Å²) >= 11 is 0. The summed E-state index contributed by atoms with van der Waals surface area (Å²) in [7, 11) is 0. The number of hydrogen-bond acceptors (Lipinski definition) is 5. The van der Waals surface area contributed by atoms with Crippen molar-refractivity contribution in [3.63, 3.8) is 0 Å². The van der Waals surface area contributed by atoms with E-state index in [-0.39, 0.29) is 6.61 Å². The summed E-state index contributed by atoms with van der Waals surface area (Å²) < 4.78 is 5.60. The van der Waals surface area contributed by atoms with Crippen LogP contribution in [0, 0.1) is 11.8 Å². The minimum atomic E-state index is 0.266. The number of aliphatic hydroxyl groups excluding tert-OH is 1. The maximum atomic E-state index is 8.98. The van der Waals surface area contributed by atoms with Crippen LogP contribution in [0.1, 0.15) is 26.7 Å². The molecular formula is C14H23N3O2. The van der Waals surface area contributed by atoms with E-state index in [0.29, 0.717) is 24.3 Å². The van der Waals surface area contributed by atoms with Crippen LogP contribution >= 0.6 is 0 Å². The smallest absolute Gasteiger partial charge is 0.234 e. The SMILES string of the molecule is CC(C)COc1cncc(N2CC[C@@H](CCO)C2)n1. The van der Waals surface area contributed by atoms with Crippen molar-refractivity contribution in [1.82, 2.24) is 9.97 Å². The number of ether oxygens (including phenoxy) is 1. The second-order valence-electron chi connectivity index (χ2n) is 5.53. The van der Waals surface area contributed by atoms with Crippen LogP contribution < -0.4 is 9.64 Å². The molecule has 0 spiro atoms. The monoisotopic (exact) mass is 265 g/mol. The largest absolute Gasteiger partial charge is 0.476 e. The Morgan fingerprint density at radius 2 is 2.32 bits per heavy atom. The van der Waals surface area contributed by atoms with Crippen LogP contribution in [-0.4, -0.2) is 41.4 Å². The zero-order valence-corrected chi connectivity index (χ0v) is 11.7. The molecule has 1 N–H and O–H groups in total. The van der Waals surface area contributed by atoms with Crippen molar-refractivity contribution in [3.05, 3.63) is 12.4 Å². The third kappa shape index (κ3) is 4.06. The maximum absolute atomic E-state index is 8.98. The average molecular weight is 265 g/mol. The lowest BCUT2D eigenvalue weighted by Crippen LogP contribution is -2.21. The Kier molecular flexibility index (Phi) is 4.96. The molecule has 0 aromatic carbocycles. The summed E-state index contributed by atoms with van der Waals surface area (Å²) in [5, 5.41) is 8.98. The van der Waals surface area contributed by atoms with Gasteiger partial charge in [-0.25, -0.2) is 0 Å². The van der Waals surface area contributed by atoms with Gasteiger partial charge in [-0.1, -0.05) is 13.8 Å². The number of anilines is 1. The quantitative estimate of drug-likeness (QED) is 0.848. The second-order valence-corrected chi connectivity index (χ2v) is 5.53. The Balaban J connectivity index is 1.95. The molecule has 1 aromatic heterocycles. The average Bonchev–Trinajstić information content (AvgIpc) is 2.86. The van der Waals surface area contributed by atoms with Gasteiger partial charge in [0.25, 0.3) is 0 Å². The molecule has 5 heteroatoms. The zero-order chi connectivity index (χ0) is 13.7. The first-order valence-corrected chi connectivity index (χ1v) is 6.99. The Bertz CT molecular complexity index is 398. The molecule has 0 amide bonds. The zero-order valence-electron chi connectivity index (χ0n) is 11.7. The molecular weight excluding hydrogens is 242 g/mol. The highest BCUT2D eigenvalue weighted by Crippen LogP contribution is 2.24. The molecule has 0 unspecified atom stereocenters. The van der Waals surface area contributed by atoms with Gasteiger partial charge in [-0.2, -0.15) is 4.98 Å². The first-order chi connectivity index (χ1) is 9.19. The Morgan fingerprint density at radius 3 is 3.05 bits per heavy atom. The standard InChI is InChI=1S/C14H23N3O2/c1-11(2)10-19-14-8-15-7-13(16-14)17-5-3-12(9-17)4-6-18/h7-8,11-12,18H,3-6,9-10H2,1-2H3/t12-/m0/s1. The summed E-state index contributed by atoms with van der Waals surface area (Å²) in [6.07, 6.45) is 5.42. The van der Waals surface area contributed by atoms with Gasteiger partial charge >= 0.3 is 0 Å². The van der Waals surface area contributed by atoms with Crippen LogP contribution in [0.5, 0.6) is 5.88 Å². The summed E-state index contributed by atoms with van der Waals surface area (Å²) in [6, 6.07) is 0. The van der Waals surface area contributed by atoms with Crippen molar-refractivity contribution in [2.75, 3.05) is 31.2 Å². The van der Waals surface area contributed by atoms with Gasteiger partial charge in [-0.05, 0) is 24.7 Å². The van der Waals surface area contributed by atoms with Gasteiger partial charge in [0.15, 0.2) is 5.82 Å². The fourth-order valence-electron chi connectivity index (χ4n) is 2.27. The van der Waals surface area contributed by atoms with Crippen molar-refractivity contribution in [2.24, 2.45) is 11.8 Å². The molecule has 1 atom stereocenters. The predicted molar refractivity (Wildman–Crippen MR) is 74.4 cm³/mol. The van der Waals surface area contributed by atoms with E-state index in [1.165, 1.54) is 0 Å². The first-order valence-electron chi connectivity index (χ1n) is 6.99. The van der Waals surface area contributed by atoms with Crippen molar-refractivity contribution in [1.29, 1.82) is 0 Å². The molecule has 0 radical (unpaired) electrons. The minimum absolute atomic E-state index is 0.266. The van der Waals surface area contributed by atoms with Crippen molar-refractivity contribution in [3.8, 4) is 5.88 Å². The second kappa shape index (κ2) is 6.70. The van der Waals surface area contributed by atoms with E-state index in [9.17, 15) is 0 Å². The Labute approximate surface area is 114 Å². The van der Waals surface area contributed by atoms with Gasteiger partial charge in [0.1, 0.15) is 0 Å². The van der Waals surface area contributed by atoms with Gasteiger partial charge in [0.05, 0.1) is 19.0 Å². The van der Waals surface area contributed by atoms with Crippen molar-refractivity contribution >= 4 is 5.82 Å². The van der Waals surface area contributed by atoms with Gasteiger partial charge in [0, 0.05) is 19.7 Å². The molecule has 106 valence electrons. The van der Waals surface area contributed by atoms with Crippen molar-refractivity contribution in [2.45, 2.75) is 26.7 Å². The number of aromatic nitrogens is 2. The van der Waals surface area contributed by atoms with E-state index in [4.69, 9.17) is 9.84 Å². The third-order valence-electron chi connectivity index (χ3n) is 3.31. The number of rotatable bonds is 6. The highest BCUT2D eigenvalue weighted by molar-refractivity contribution is 5.38. The summed E-state index contributed by atoms with van der Waals surface area (Å²) in [6.45, 7) is 7.07. The summed E-state index contributed by atoms with van der Waals surface area (Å²) in [4.78, 5) is 10.9. The number of hydrogen-bond donors (Lipinski definition) is 1. The highest BCUT2D eigenvalue weighted by Gasteiger charge is 2.23. The van der Waals surface area contributed by atoms with Gasteiger partial charge < -0.3 is 14.7 Å². The van der Waals surface area contributed by atoms with Crippen LogP contribution in [0.25, 0.3) is 0 Å². The molecule has 19 heavy (non-hydrogen) atoms. The predicted octanol–water partition coefficient (Wildman–Crippen LogP) is 1.72. The normalized spacial score (nSPS) is 19.2. The molecule has 1 aliphatic heterocycles. The molecule has 2 rings (SSSR count). The molecule has 1 saturated heterocycles. The topological polar surface area (TPSA) is 58.5 Å². The summed E-state index contributed by atoms with van der Waals surface area (Å²) in [5.74, 6) is 2.51. The number of nitrogens with zero attached hydrogens (tertiary/aromatic N) is 3. The van der Waals surface area contributed by atoms with E-state index in [1.54, 1.807) is 12.4 Å². The van der Waals surface area contributed by atoms with E-state index in [0.717, 1.165) is 31.7 Å². The molecule has 1 fully saturated rings. The molecule has 0 aliphatic carbocycles. The summed E-state index contributed by atoms with van der Waals surface area (Å²) in [5.41, 5.74) is 0. The van der Waals surface area contributed by atoms with Gasteiger partial charge in [-0.15, -0.1) is 0 Å². The van der Waals surface area contributed by atoms with E-state index in [2.05, 4.69) is 28.7 Å². The molecule has 0 saturated carbocycles. The van der Waals surface area contributed by atoms with E-state index in [1.807, 2.05) is 0 Å². The minimum Gasteiger partial charge on any atom is -0.476 e. The van der Waals surface area contributed by atoms with Gasteiger partial charge in [-0.3, -0.25) is 4.98 Å². The first kappa shape index (κ1) is 14.1. The Hall–Kier alpha value is -1.36. The van der Waals surface area contributed by atoms with Gasteiger partial charge in [0.2, 0.25) is 5.88 Å². The van der Waals surface area contributed by atoms with Crippen LogP contribution in [0.15, 0.2) is 12.4 Å². The molecule has 1 aromatic rings. The highest BCUT2D eigenvalue weighted by atomic mass is 16.5. The van der Waals surface area contributed by atoms with Crippen LogP contribution in [-0.2, 0) is 0 Å². The maximum Gasteiger partial charge on any atom is 0.234 e. The molecule has 2 heterocycles. The molecule has 1 aliphatic rings. The van der Waals surface area contributed by atoms with E-state index < -0.39 is 0 Å². The van der Waals surface area contributed by atoms with Crippen LogP contribution in [0.3, 0.4) is 0 Å². The fourth-order valence-corrected chi connectivity index (χ4v) is 2.27. The van der Waals surface area contributed by atoms with Crippen LogP contribution in [0.2, 0.25) is 0 Å². The molecule has 5 nitrogen and oxygen atoms in total. The lowest BCUT2D eigenvalue weighted by atomic mass is 10.1. The molecule has 0 bridgehead atoms. The van der Waals surface area contributed by atoms with E-state index >= 15 is 0 Å². The third-order valence-corrected chi connectivity index (χ3v) is 3.31. The number of aliphatic hydroxyl groups is 1. The van der Waals surface area contributed by atoms with Crippen LogP contribution in [0.4, 0.5) is 5.82 Å². The lowest BCUT2D eigenvalue weighted by molar-refractivity contribution is 0.260. The Morgan fingerprint density at radius 1 is 1.47 bits per heavy atom. The lowest BCUT2D eigenvalue weighted by Gasteiger charge is -2.17.